The minimum atomic E-state index is 0.232. The van der Waals surface area contributed by atoms with Crippen LogP contribution in [0.15, 0.2) is 0 Å². The highest BCUT2D eigenvalue weighted by molar-refractivity contribution is 5.81. The predicted molar refractivity (Wildman–Crippen MR) is 56.3 cm³/mol. The van der Waals surface area contributed by atoms with Gasteiger partial charge in [0.15, 0.2) is 0 Å². The van der Waals surface area contributed by atoms with Gasteiger partial charge in [0.1, 0.15) is 5.78 Å². The molecular formula is C11H21NO2. The van der Waals surface area contributed by atoms with Gasteiger partial charge in [-0.1, -0.05) is 6.92 Å². The third-order valence-corrected chi connectivity index (χ3v) is 2.72. The maximum Gasteiger partial charge on any atom is 0.138 e. The first-order valence-corrected chi connectivity index (χ1v) is 5.57. The molecule has 0 N–H and O–H groups in total. The second-order valence-corrected chi connectivity index (χ2v) is 3.97. The number of ether oxygens (including phenoxy) is 1. The minimum Gasteiger partial charge on any atom is -0.382 e. The standard InChI is InChI=1S/C11H21NO2/c1-3-14-8-4-6-12-7-5-11(13)10(2)9-12/h10H,3-9H2,1-2H3. The van der Waals surface area contributed by atoms with Gasteiger partial charge in [0.2, 0.25) is 0 Å². The molecule has 1 atom stereocenters. The lowest BCUT2D eigenvalue weighted by molar-refractivity contribution is -0.125. The number of piperidine rings is 1. The molecule has 1 aliphatic rings. The van der Waals surface area contributed by atoms with Crippen molar-refractivity contribution in [2.45, 2.75) is 26.7 Å². The fourth-order valence-corrected chi connectivity index (χ4v) is 1.83. The minimum absolute atomic E-state index is 0.232. The van der Waals surface area contributed by atoms with Crippen molar-refractivity contribution < 1.29 is 9.53 Å². The van der Waals surface area contributed by atoms with Gasteiger partial charge >= 0.3 is 0 Å². The largest absolute Gasteiger partial charge is 0.382 e. The molecule has 1 rings (SSSR count). The summed E-state index contributed by atoms with van der Waals surface area (Å²) in [7, 11) is 0. The van der Waals surface area contributed by atoms with E-state index in [1.54, 1.807) is 0 Å². The highest BCUT2D eigenvalue weighted by Gasteiger charge is 2.22. The number of hydrogen-bond donors (Lipinski definition) is 0. The normalized spacial score (nSPS) is 24.1. The zero-order valence-electron chi connectivity index (χ0n) is 9.29. The van der Waals surface area contributed by atoms with Crippen LogP contribution in [0.2, 0.25) is 0 Å². The average Bonchev–Trinajstić information content (AvgIpc) is 2.18. The Kier molecular flexibility index (Phi) is 5.12. The number of Topliss-reactive ketones (excluding diaryl/α,β-unsaturated/α-hetero) is 1. The van der Waals surface area contributed by atoms with Crippen LogP contribution in [0.4, 0.5) is 0 Å². The van der Waals surface area contributed by atoms with Crippen LogP contribution in [0.1, 0.15) is 26.7 Å². The van der Waals surface area contributed by atoms with E-state index in [0.717, 1.165) is 45.7 Å². The Labute approximate surface area is 86.4 Å². The highest BCUT2D eigenvalue weighted by Crippen LogP contribution is 2.12. The molecule has 0 aromatic carbocycles. The Hall–Kier alpha value is -0.410. The number of carbonyl (C=O) groups is 1. The van der Waals surface area contributed by atoms with E-state index >= 15 is 0 Å². The topological polar surface area (TPSA) is 29.5 Å². The second-order valence-electron chi connectivity index (χ2n) is 3.97. The zero-order chi connectivity index (χ0) is 10.4. The van der Waals surface area contributed by atoms with Gasteiger partial charge in [0.05, 0.1) is 0 Å². The van der Waals surface area contributed by atoms with Crippen LogP contribution < -0.4 is 0 Å². The first kappa shape index (κ1) is 11.7. The fourth-order valence-electron chi connectivity index (χ4n) is 1.83. The van der Waals surface area contributed by atoms with Crippen LogP contribution in [-0.2, 0) is 9.53 Å². The van der Waals surface area contributed by atoms with Gasteiger partial charge in [-0.15, -0.1) is 0 Å². The molecule has 1 saturated heterocycles. The molecule has 0 aliphatic carbocycles. The molecule has 1 aliphatic heterocycles. The van der Waals surface area contributed by atoms with Gasteiger partial charge in [-0.3, -0.25) is 4.79 Å². The van der Waals surface area contributed by atoms with Crippen molar-refractivity contribution in [2.75, 3.05) is 32.8 Å². The summed E-state index contributed by atoms with van der Waals surface area (Å²) in [5, 5.41) is 0. The third kappa shape index (κ3) is 3.76. The number of likely N-dealkylation sites (tertiary alicyclic amines) is 1. The second kappa shape index (κ2) is 6.14. The van der Waals surface area contributed by atoms with Crippen LogP contribution >= 0.6 is 0 Å². The summed E-state index contributed by atoms with van der Waals surface area (Å²) in [6.45, 7) is 8.63. The Morgan fingerprint density at radius 2 is 2.36 bits per heavy atom. The highest BCUT2D eigenvalue weighted by atomic mass is 16.5. The Morgan fingerprint density at radius 1 is 1.57 bits per heavy atom. The van der Waals surface area contributed by atoms with Gasteiger partial charge < -0.3 is 9.64 Å². The molecule has 82 valence electrons. The van der Waals surface area contributed by atoms with Crippen molar-refractivity contribution in [3.05, 3.63) is 0 Å². The van der Waals surface area contributed by atoms with Crippen LogP contribution in [0.3, 0.4) is 0 Å². The fraction of sp³-hybridized carbons (Fsp3) is 0.909. The summed E-state index contributed by atoms with van der Waals surface area (Å²) in [5.41, 5.74) is 0. The number of carbonyl (C=O) groups excluding carboxylic acids is 1. The van der Waals surface area contributed by atoms with Crippen molar-refractivity contribution in [3.63, 3.8) is 0 Å². The van der Waals surface area contributed by atoms with Crippen LogP contribution in [0.5, 0.6) is 0 Å². The number of nitrogens with zero attached hydrogens (tertiary/aromatic N) is 1. The van der Waals surface area contributed by atoms with Gasteiger partial charge in [-0.2, -0.15) is 0 Å². The Morgan fingerprint density at radius 3 is 3.00 bits per heavy atom. The van der Waals surface area contributed by atoms with Crippen molar-refractivity contribution >= 4 is 5.78 Å². The summed E-state index contributed by atoms with van der Waals surface area (Å²) in [6.07, 6.45) is 1.81. The molecule has 1 unspecified atom stereocenters. The van der Waals surface area contributed by atoms with Crippen LogP contribution in [0, 0.1) is 5.92 Å². The maximum absolute atomic E-state index is 11.3. The molecule has 0 aromatic rings. The Balaban J connectivity index is 2.10. The molecule has 14 heavy (non-hydrogen) atoms. The summed E-state index contributed by atoms with van der Waals surface area (Å²) >= 11 is 0. The monoisotopic (exact) mass is 199 g/mol. The summed E-state index contributed by atoms with van der Waals surface area (Å²) in [5.74, 6) is 0.655. The molecule has 3 nitrogen and oxygen atoms in total. The lowest BCUT2D eigenvalue weighted by Crippen LogP contribution is -2.40. The van der Waals surface area contributed by atoms with E-state index in [0.29, 0.717) is 5.78 Å². The quantitative estimate of drug-likeness (QED) is 0.625. The average molecular weight is 199 g/mol. The smallest absolute Gasteiger partial charge is 0.138 e. The third-order valence-electron chi connectivity index (χ3n) is 2.72. The number of hydrogen-bond acceptors (Lipinski definition) is 3. The van der Waals surface area contributed by atoms with Crippen molar-refractivity contribution in [1.82, 2.24) is 4.90 Å². The van der Waals surface area contributed by atoms with Crippen LogP contribution in [0.25, 0.3) is 0 Å². The SMILES string of the molecule is CCOCCCN1CCC(=O)C(C)C1. The van der Waals surface area contributed by atoms with E-state index in [4.69, 9.17) is 4.74 Å². The van der Waals surface area contributed by atoms with Crippen LogP contribution in [-0.4, -0.2) is 43.5 Å². The van der Waals surface area contributed by atoms with Gasteiger partial charge in [-0.05, 0) is 13.3 Å². The summed E-state index contributed by atoms with van der Waals surface area (Å²) in [6, 6.07) is 0. The first-order chi connectivity index (χ1) is 6.74. The number of ketones is 1. The van der Waals surface area contributed by atoms with Gasteiger partial charge in [0.25, 0.3) is 0 Å². The Bertz CT molecular complexity index is 182. The van der Waals surface area contributed by atoms with Gasteiger partial charge in [-0.25, -0.2) is 0 Å². The predicted octanol–water partition coefficient (Wildman–Crippen LogP) is 1.32. The first-order valence-electron chi connectivity index (χ1n) is 5.57. The van der Waals surface area contributed by atoms with E-state index in [2.05, 4.69) is 4.90 Å². The molecule has 0 bridgehead atoms. The summed E-state index contributed by atoms with van der Waals surface area (Å²) < 4.78 is 5.28. The molecule has 1 fully saturated rings. The number of rotatable bonds is 5. The molecule has 0 spiro atoms. The van der Waals surface area contributed by atoms with Crippen molar-refractivity contribution in [3.8, 4) is 0 Å². The van der Waals surface area contributed by atoms with E-state index in [1.165, 1.54) is 0 Å². The molecule has 0 aromatic heterocycles. The molecule has 3 heteroatoms. The van der Waals surface area contributed by atoms with Gasteiger partial charge in [0, 0.05) is 45.2 Å². The van der Waals surface area contributed by atoms with Crippen molar-refractivity contribution in [1.29, 1.82) is 0 Å². The molecule has 0 amide bonds. The molecule has 0 saturated carbocycles. The zero-order valence-corrected chi connectivity index (χ0v) is 9.29. The van der Waals surface area contributed by atoms with E-state index in [9.17, 15) is 4.79 Å². The lowest BCUT2D eigenvalue weighted by Gasteiger charge is -2.29. The van der Waals surface area contributed by atoms with Crippen molar-refractivity contribution in [2.24, 2.45) is 5.92 Å². The van der Waals surface area contributed by atoms with E-state index < -0.39 is 0 Å². The molecular weight excluding hydrogens is 178 g/mol. The van der Waals surface area contributed by atoms with E-state index in [1.807, 2.05) is 13.8 Å². The van der Waals surface area contributed by atoms with E-state index in [-0.39, 0.29) is 5.92 Å². The molecule has 1 heterocycles. The molecule has 0 radical (unpaired) electrons. The summed E-state index contributed by atoms with van der Waals surface area (Å²) in [4.78, 5) is 13.6. The lowest BCUT2D eigenvalue weighted by atomic mass is 9.98. The maximum atomic E-state index is 11.3.